The number of hydrogen-bond donors (Lipinski definition) is 2. The zero-order chi connectivity index (χ0) is 14.1. The number of nitrogens with zero attached hydrogens (tertiary/aromatic N) is 2. The maximum absolute atomic E-state index is 11.3. The molecule has 5 nitrogen and oxygen atoms in total. The van der Waals surface area contributed by atoms with Crippen LogP contribution < -0.4 is 0 Å². The standard InChI is InChI=1S/C15H18N2O3/c18-13-7-2-1-4-10(13)8-17-9-16-12-6-3-5-11(14(12)17)15(19)20/h3,5-6,9-10,13,18H,1-2,4,7-8H2,(H,19,20). The van der Waals surface area contributed by atoms with Crippen LogP contribution in [0.1, 0.15) is 36.0 Å². The minimum absolute atomic E-state index is 0.183. The molecule has 1 aromatic heterocycles. The quantitative estimate of drug-likeness (QED) is 0.900. The molecule has 106 valence electrons. The van der Waals surface area contributed by atoms with Gasteiger partial charge in [-0.25, -0.2) is 9.78 Å². The minimum Gasteiger partial charge on any atom is -0.478 e. The van der Waals surface area contributed by atoms with Gasteiger partial charge in [0, 0.05) is 12.5 Å². The molecule has 3 rings (SSSR count). The molecule has 1 saturated carbocycles. The van der Waals surface area contributed by atoms with E-state index in [2.05, 4.69) is 4.98 Å². The van der Waals surface area contributed by atoms with Crippen LogP contribution in [0.25, 0.3) is 11.0 Å². The number of aliphatic hydroxyl groups excluding tert-OH is 1. The van der Waals surface area contributed by atoms with Gasteiger partial charge in [-0.3, -0.25) is 0 Å². The van der Waals surface area contributed by atoms with Crippen molar-refractivity contribution in [3.05, 3.63) is 30.1 Å². The molecule has 1 heterocycles. The predicted octanol–water partition coefficient (Wildman–Crippen LogP) is 2.29. The van der Waals surface area contributed by atoms with Crippen molar-refractivity contribution in [3.8, 4) is 0 Å². The Balaban J connectivity index is 1.97. The fourth-order valence-corrected chi connectivity index (χ4v) is 3.09. The summed E-state index contributed by atoms with van der Waals surface area (Å²) >= 11 is 0. The van der Waals surface area contributed by atoms with Gasteiger partial charge in [0.1, 0.15) is 0 Å². The van der Waals surface area contributed by atoms with E-state index in [4.69, 9.17) is 0 Å². The molecule has 5 heteroatoms. The van der Waals surface area contributed by atoms with Crippen molar-refractivity contribution < 1.29 is 15.0 Å². The average molecular weight is 274 g/mol. The summed E-state index contributed by atoms with van der Waals surface area (Å²) in [6, 6.07) is 5.12. The Morgan fingerprint density at radius 3 is 2.90 bits per heavy atom. The largest absolute Gasteiger partial charge is 0.478 e. The highest BCUT2D eigenvalue weighted by Crippen LogP contribution is 2.27. The van der Waals surface area contributed by atoms with E-state index in [1.54, 1.807) is 18.5 Å². The van der Waals surface area contributed by atoms with E-state index in [0.29, 0.717) is 17.6 Å². The van der Waals surface area contributed by atoms with Gasteiger partial charge in [-0.05, 0) is 25.0 Å². The third-order valence-electron chi connectivity index (χ3n) is 4.17. The van der Waals surface area contributed by atoms with Crippen LogP contribution in [0.4, 0.5) is 0 Å². The van der Waals surface area contributed by atoms with E-state index in [1.165, 1.54) is 0 Å². The molecule has 0 radical (unpaired) electrons. The number of carbonyl (C=O) groups is 1. The van der Waals surface area contributed by atoms with E-state index in [1.807, 2.05) is 10.6 Å². The molecule has 1 aliphatic carbocycles. The molecule has 0 spiro atoms. The van der Waals surface area contributed by atoms with Crippen molar-refractivity contribution in [1.82, 2.24) is 9.55 Å². The molecule has 20 heavy (non-hydrogen) atoms. The average Bonchev–Trinajstić information content (AvgIpc) is 2.84. The van der Waals surface area contributed by atoms with Crippen LogP contribution in [0.2, 0.25) is 0 Å². The normalized spacial score (nSPS) is 23.1. The van der Waals surface area contributed by atoms with Gasteiger partial charge in [-0.15, -0.1) is 0 Å². The molecule has 2 N–H and O–H groups in total. The first-order chi connectivity index (χ1) is 9.66. The summed E-state index contributed by atoms with van der Waals surface area (Å²) in [7, 11) is 0. The highest BCUT2D eigenvalue weighted by atomic mass is 16.4. The maximum Gasteiger partial charge on any atom is 0.337 e. The Morgan fingerprint density at radius 2 is 2.15 bits per heavy atom. The third kappa shape index (κ3) is 2.29. The summed E-state index contributed by atoms with van der Waals surface area (Å²) < 4.78 is 1.87. The molecular formula is C15H18N2O3. The molecule has 1 aromatic carbocycles. The topological polar surface area (TPSA) is 75.3 Å². The number of carboxylic acid groups (broad SMARTS) is 1. The molecule has 1 fully saturated rings. The number of para-hydroxylation sites is 1. The fourth-order valence-electron chi connectivity index (χ4n) is 3.09. The molecule has 2 atom stereocenters. The van der Waals surface area contributed by atoms with Crippen molar-refractivity contribution in [2.75, 3.05) is 0 Å². The molecule has 2 aromatic rings. The van der Waals surface area contributed by atoms with Crippen molar-refractivity contribution in [2.24, 2.45) is 5.92 Å². The second-order valence-corrected chi connectivity index (χ2v) is 5.49. The van der Waals surface area contributed by atoms with Gasteiger partial charge in [-0.1, -0.05) is 18.9 Å². The smallest absolute Gasteiger partial charge is 0.337 e. The fraction of sp³-hybridized carbons (Fsp3) is 0.467. The molecule has 1 aliphatic rings. The van der Waals surface area contributed by atoms with Crippen molar-refractivity contribution in [2.45, 2.75) is 38.3 Å². The van der Waals surface area contributed by atoms with E-state index in [0.717, 1.165) is 25.7 Å². The first kappa shape index (κ1) is 13.1. The summed E-state index contributed by atoms with van der Waals surface area (Å²) in [6.07, 6.45) is 5.40. The van der Waals surface area contributed by atoms with Gasteiger partial charge >= 0.3 is 5.97 Å². The summed E-state index contributed by atoms with van der Waals surface area (Å²) in [5.41, 5.74) is 1.61. The van der Waals surface area contributed by atoms with E-state index < -0.39 is 5.97 Å². The Hall–Kier alpha value is -1.88. The van der Waals surface area contributed by atoms with Crippen LogP contribution in [0, 0.1) is 5.92 Å². The van der Waals surface area contributed by atoms with Crippen LogP contribution in [-0.4, -0.2) is 31.8 Å². The second kappa shape index (κ2) is 5.25. The molecular weight excluding hydrogens is 256 g/mol. The second-order valence-electron chi connectivity index (χ2n) is 5.49. The Labute approximate surface area is 116 Å². The number of aromatic carboxylic acids is 1. The van der Waals surface area contributed by atoms with Gasteiger partial charge in [0.05, 0.1) is 29.0 Å². The van der Waals surface area contributed by atoms with Gasteiger partial charge in [0.25, 0.3) is 0 Å². The van der Waals surface area contributed by atoms with Crippen LogP contribution in [0.15, 0.2) is 24.5 Å². The lowest BCUT2D eigenvalue weighted by atomic mass is 9.86. The summed E-state index contributed by atoms with van der Waals surface area (Å²) in [5.74, 6) is -0.760. The molecule has 0 amide bonds. The molecule has 2 unspecified atom stereocenters. The lowest BCUT2D eigenvalue weighted by Gasteiger charge is -2.28. The van der Waals surface area contributed by atoms with Gasteiger partial charge in [0.2, 0.25) is 0 Å². The van der Waals surface area contributed by atoms with Crippen LogP contribution in [0.3, 0.4) is 0 Å². The van der Waals surface area contributed by atoms with Gasteiger partial charge in [-0.2, -0.15) is 0 Å². The predicted molar refractivity (Wildman–Crippen MR) is 74.7 cm³/mol. The Kier molecular flexibility index (Phi) is 3.44. The number of rotatable bonds is 3. The van der Waals surface area contributed by atoms with Gasteiger partial charge < -0.3 is 14.8 Å². The number of fused-ring (bicyclic) bond motifs is 1. The molecule has 0 aliphatic heterocycles. The number of hydrogen-bond acceptors (Lipinski definition) is 3. The highest BCUT2D eigenvalue weighted by molar-refractivity contribution is 6.01. The zero-order valence-electron chi connectivity index (χ0n) is 11.2. The van der Waals surface area contributed by atoms with Crippen molar-refractivity contribution in [1.29, 1.82) is 0 Å². The third-order valence-corrected chi connectivity index (χ3v) is 4.17. The van der Waals surface area contributed by atoms with Crippen molar-refractivity contribution in [3.63, 3.8) is 0 Å². The lowest BCUT2D eigenvalue weighted by Crippen LogP contribution is -2.28. The monoisotopic (exact) mass is 274 g/mol. The minimum atomic E-state index is -0.943. The number of aliphatic hydroxyl groups is 1. The van der Waals surface area contributed by atoms with Crippen molar-refractivity contribution >= 4 is 17.0 Å². The molecule has 0 saturated heterocycles. The number of carboxylic acids is 1. The highest BCUT2D eigenvalue weighted by Gasteiger charge is 2.24. The Morgan fingerprint density at radius 1 is 1.35 bits per heavy atom. The van der Waals surface area contributed by atoms with Crippen LogP contribution >= 0.6 is 0 Å². The van der Waals surface area contributed by atoms with Gasteiger partial charge in [0.15, 0.2) is 0 Å². The maximum atomic E-state index is 11.3. The SMILES string of the molecule is O=C(O)c1cccc2ncn(CC3CCCCC3O)c12. The Bertz CT molecular complexity index is 635. The van der Waals surface area contributed by atoms with Crippen LogP contribution in [0.5, 0.6) is 0 Å². The first-order valence-corrected chi connectivity index (χ1v) is 7.02. The summed E-state index contributed by atoms with van der Waals surface area (Å²) in [5, 5.41) is 19.4. The number of benzene rings is 1. The summed E-state index contributed by atoms with van der Waals surface area (Å²) in [4.78, 5) is 15.6. The van der Waals surface area contributed by atoms with E-state index >= 15 is 0 Å². The number of imidazole rings is 1. The summed E-state index contributed by atoms with van der Waals surface area (Å²) in [6.45, 7) is 0.627. The first-order valence-electron chi connectivity index (χ1n) is 7.02. The molecule has 0 bridgehead atoms. The zero-order valence-corrected chi connectivity index (χ0v) is 11.2. The number of aromatic nitrogens is 2. The van der Waals surface area contributed by atoms with E-state index in [-0.39, 0.29) is 17.6 Å². The van der Waals surface area contributed by atoms with E-state index in [9.17, 15) is 15.0 Å². The lowest BCUT2D eigenvalue weighted by molar-refractivity contribution is 0.0612. The van der Waals surface area contributed by atoms with Crippen LogP contribution in [-0.2, 0) is 6.54 Å².